The molecule has 0 bridgehead atoms. The van der Waals surface area contributed by atoms with Crippen molar-refractivity contribution >= 4 is 11.0 Å². The predicted molar refractivity (Wildman–Crippen MR) is 102 cm³/mol. The van der Waals surface area contributed by atoms with Crippen LogP contribution in [-0.4, -0.2) is 30.2 Å². The Morgan fingerprint density at radius 1 is 1.15 bits per heavy atom. The first-order chi connectivity index (χ1) is 12.4. The summed E-state index contributed by atoms with van der Waals surface area (Å²) in [6.07, 6.45) is 0. The van der Waals surface area contributed by atoms with Gasteiger partial charge in [0, 0.05) is 30.1 Å². The van der Waals surface area contributed by atoms with Gasteiger partial charge in [-0.3, -0.25) is 4.90 Å². The van der Waals surface area contributed by atoms with Gasteiger partial charge in [-0.1, -0.05) is 12.1 Å². The van der Waals surface area contributed by atoms with E-state index in [1.165, 1.54) is 6.07 Å². The molecule has 1 aromatic heterocycles. The highest BCUT2D eigenvalue weighted by Gasteiger charge is 2.12. The molecular weight excluding hydrogens is 330 g/mol. The van der Waals surface area contributed by atoms with Crippen LogP contribution in [0.5, 0.6) is 11.5 Å². The fourth-order valence-electron chi connectivity index (χ4n) is 2.94. The molecule has 0 atom stereocenters. The van der Waals surface area contributed by atoms with Crippen molar-refractivity contribution in [3.05, 3.63) is 69.6 Å². The Morgan fingerprint density at radius 3 is 2.73 bits per heavy atom. The summed E-state index contributed by atoms with van der Waals surface area (Å²) in [7, 11) is 1.98. The minimum atomic E-state index is -0.411. The highest BCUT2D eigenvalue weighted by molar-refractivity contribution is 5.84. The Morgan fingerprint density at radius 2 is 1.96 bits per heavy atom. The number of ether oxygens (including phenoxy) is 1. The van der Waals surface area contributed by atoms with Gasteiger partial charge in [0.05, 0.1) is 0 Å². The van der Waals surface area contributed by atoms with Crippen LogP contribution in [0.25, 0.3) is 11.0 Å². The van der Waals surface area contributed by atoms with Crippen molar-refractivity contribution in [2.24, 2.45) is 0 Å². The van der Waals surface area contributed by atoms with Gasteiger partial charge in [0.1, 0.15) is 23.7 Å². The summed E-state index contributed by atoms with van der Waals surface area (Å²) in [5.74, 6) is 0.980. The van der Waals surface area contributed by atoms with Gasteiger partial charge in [0.15, 0.2) is 0 Å². The number of phenols is 1. The Balaban J connectivity index is 1.70. The summed E-state index contributed by atoms with van der Waals surface area (Å²) in [6.45, 7) is 5.63. The number of phenolic OH excluding ortho intramolecular Hbond substituents is 1. The largest absolute Gasteiger partial charge is 0.508 e. The number of rotatable bonds is 6. The van der Waals surface area contributed by atoms with Crippen LogP contribution in [0.4, 0.5) is 0 Å². The van der Waals surface area contributed by atoms with E-state index in [0.717, 1.165) is 22.3 Å². The van der Waals surface area contributed by atoms with Gasteiger partial charge < -0.3 is 14.3 Å². The quantitative estimate of drug-likeness (QED) is 0.686. The molecule has 3 aromatic rings. The molecular formula is C21H23NO4. The van der Waals surface area contributed by atoms with Gasteiger partial charge in [-0.25, -0.2) is 4.79 Å². The van der Waals surface area contributed by atoms with E-state index < -0.39 is 5.63 Å². The molecule has 0 fully saturated rings. The van der Waals surface area contributed by atoms with Gasteiger partial charge in [-0.05, 0) is 56.3 Å². The second-order valence-electron chi connectivity index (χ2n) is 6.58. The number of fused-ring (bicyclic) bond motifs is 1. The maximum absolute atomic E-state index is 11.9. The average molecular weight is 353 g/mol. The van der Waals surface area contributed by atoms with E-state index in [9.17, 15) is 9.90 Å². The lowest BCUT2D eigenvalue weighted by molar-refractivity contribution is 0.233. The number of nitrogens with zero attached hydrogens (tertiary/aromatic N) is 1. The van der Waals surface area contributed by atoms with Crippen molar-refractivity contribution in [3.8, 4) is 11.5 Å². The first-order valence-corrected chi connectivity index (χ1v) is 8.57. The molecule has 26 heavy (non-hydrogen) atoms. The molecule has 1 heterocycles. The second-order valence-corrected chi connectivity index (χ2v) is 6.58. The standard InChI is InChI=1S/C21H23NO4/c1-14-5-4-6-17(11-14)25-10-9-22(3)13-16-12-20(24)26-21-15(2)19(23)8-7-18(16)21/h4-8,11-12,23H,9-10,13H2,1-3H3. The molecule has 0 aliphatic heterocycles. The fraction of sp³-hybridized carbons (Fsp3) is 0.286. The molecule has 5 nitrogen and oxygen atoms in total. The lowest BCUT2D eigenvalue weighted by Crippen LogP contribution is -2.24. The van der Waals surface area contributed by atoms with Gasteiger partial charge in [-0.2, -0.15) is 0 Å². The monoisotopic (exact) mass is 353 g/mol. The number of hydrogen-bond donors (Lipinski definition) is 1. The van der Waals surface area contributed by atoms with Crippen molar-refractivity contribution in [2.45, 2.75) is 20.4 Å². The molecule has 0 unspecified atom stereocenters. The van der Waals surface area contributed by atoms with Crippen LogP contribution in [0.3, 0.4) is 0 Å². The van der Waals surface area contributed by atoms with E-state index >= 15 is 0 Å². The molecule has 136 valence electrons. The van der Waals surface area contributed by atoms with Crippen LogP contribution in [-0.2, 0) is 6.54 Å². The molecule has 1 N–H and O–H groups in total. The van der Waals surface area contributed by atoms with E-state index in [1.54, 1.807) is 19.1 Å². The Bertz CT molecular complexity index is 977. The number of benzene rings is 2. The van der Waals surface area contributed by atoms with Crippen LogP contribution in [0.15, 0.2) is 51.7 Å². The minimum absolute atomic E-state index is 0.123. The molecule has 0 aliphatic carbocycles. The molecule has 2 aromatic carbocycles. The zero-order valence-corrected chi connectivity index (χ0v) is 15.3. The Kier molecular flexibility index (Phi) is 5.28. The molecule has 0 spiro atoms. The van der Waals surface area contributed by atoms with E-state index in [1.807, 2.05) is 38.2 Å². The number of hydrogen-bond acceptors (Lipinski definition) is 5. The number of aryl methyl sites for hydroxylation is 2. The third-order valence-corrected chi connectivity index (χ3v) is 4.39. The number of likely N-dealkylation sites (N-methyl/N-ethyl adjacent to an activating group) is 1. The normalized spacial score (nSPS) is 11.2. The first kappa shape index (κ1) is 18.0. The summed E-state index contributed by atoms with van der Waals surface area (Å²) in [4.78, 5) is 14.0. The van der Waals surface area contributed by atoms with E-state index in [0.29, 0.717) is 30.8 Å². The van der Waals surface area contributed by atoms with E-state index in [2.05, 4.69) is 4.90 Å². The average Bonchev–Trinajstić information content (AvgIpc) is 2.58. The topological polar surface area (TPSA) is 62.9 Å². The van der Waals surface area contributed by atoms with Crippen molar-refractivity contribution in [2.75, 3.05) is 20.2 Å². The molecule has 5 heteroatoms. The van der Waals surface area contributed by atoms with E-state index in [-0.39, 0.29) is 5.75 Å². The highest BCUT2D eigenvalue weighted by atomic mass is 16.5. The van der Waals surface area contributed by atoms with Crippen LogP contribution in [0.1, 0.15) is 16.7 Å². The van der Waals surface area contributed by atoms with Crippen molar-refractivity contribution in [3.63, 3.8) is 0 Å². The minimum Gasteiger partial charge on any atom is -0.508 e. The summed E-state index contributed by atoms with van der Waals surface area (Å²) >= 11 is 0. The summed E-state index contributed by atoms with van der Waals surface area (Å²) in [6, 6.07) is 12.9. The van der Waals surface area contributed by atoms with Crippen LogP contribution >= 0.6 is 0 Å². The molecule has 0 saturated carbocycles. The second kappa shape index (κ2) is 7.62. The van der Waals surface area contributed by atoms with Crippen molar-refractivity contribution in [1.29, 1.82) is 0 Å². The van der Waals surface area contributed by atoms with Crippen molar-refractivity contribution in [1.82, 2.24) is 4.90 Å². The van der Waals surface area contributed by atoms with Gasteiger partial charge in [-0.15, -0.1) is 0 Å². The zero-order chi connectivity index (χ0) is 18.7. The molecule has 0 radical (unpaired) electrons. The highest BCUT2D eigenvalue weighted by Crippen LogP contribution is 2.27. The third-order valence-electron chi connectivity index (χ3n) is 4.39. The van der Waals surface area contributed by atoms with Crippen LogP contribution in [0, 0.1) is 13.8 Å². The summed E-state index contributed by atoms with van der Waals surface area (Å²) in [5, 5.41) is 10.7. The van der Waals surface area contributed by atoms with Crippen LogP contribution in [0.2, 0.25) is 0 Å². The van der Waals surface area contributed by atoms with Gasteiger partial charge >= 0.3 is 5.63 Å². The number of aromatic hydroxyl groups is 1. The first-order valence-electron chi connectivity index (χ1n) is 8.57. The van der Waals surface area contributed by atoms with Crippen LogP contribution < -0.4 is 10.4 Å². The summed E-state index contributed by atoms with van der Waals surface area (Å²) in [5.41, 5.74) is 2.64. The van der Waals surface area contributed by atoms with Gasteiger partial charge in [0.2, 0.25) is 0 Å². The maximum Gasteiger partial charge on any atom is 0.336 e. The molecule has 3 rings (SSSR count). The molecule has 0 aliphatic rings. The smallest absolute Gasteiger partial charge is 0.336 e. The van der Waals surface area contributed by atoms with Gasteiger partial charge in [0.25, 0.3) is 0 Å². The van der Waals surface area contributed by atoms with Crippen molar-refractivity contribution < 1.29 is 14.3 Å². The zero-order valence-electron chi connectivity index (χ0n) is 15.3. The molecule has 0 saturated heterocycles. The summed E-state index contributed by atoms with van der Waals surface area (Å²) < 4.78 is 11.1. The third kappa shape index (κ3) is 4.06. The lowest BCUT2D eigenvalue weighted by atomic mass is 10.1. The Hall–Kier alpha value is -2.79. The SMILES string of the molecule is Cc1cccc(OCCN(C)Cc2cc(=O)oc3c(C)c(O)ccc23)c1. The van der Waals surface area contributed by atoms with E-state index in [4.69, 9.17) is 9.15 Å². The maximum atomic E-state index is 11.9. The molecule has 0 amide bonds. The lowest BCUT2D eigenvalue weighted by Gasteiger charge is -2.18. The fourth-order valence-corrected chi connectivity index (χ4v) is 2.94. The Labute approximate surface area is 152 Å². The predicted octanol–water partition coefficient (Wildman–Crippen LogP) is 3.63.